The lowest BCUT2D eigenvalue weighted by molar-refractivity contribution is -0.140. The van der Waals surface area contributed by atoms with Crippen LogP contribution in [0.1, 0.15) is 42.1 Å². The number of piperazine rings is 1. The summed E-state index contributed by atoms with van der Waals surface area (Å²) in [5.74, 6) is 0.424. The summed E-state index contributed by atoms with van der Waals surface area (Å²) < 4.78 is 39.8. The smallest absolute Gasteiger partial charge is 0.336 e. The monoisotopic (exact) mass is 475 g/mol. The number of H-pyrrole nitrogens is 1. The van der Waals surface area contributed by atoms with Crippen LogP contribution in [-0.4, -0.2) is 68.9 Å². The van der Waals surface area contributed by atoms with Crippen molar-refractivity contribution in [3.63, 3.8) is 0 Å². The highest BCUT2D eigenvalue weighted by molar-refractivity contribution is 6.07. The van der Waals surface area contributed by atoms with Crippen molar-refractivity contribution in [2.24, 2.45) is 5.92 Å². The number of nitrogens with zero attached hydrogens (tertiary/aromatic N) is 4. The van der Waals surface area contributed by atoms with Crippen LogP contribution < -0.4 is 5.56 Å². The summed E-state index contributed by atoms with van der Waals surface area (Å²) in [5, 5.41) is 5.72. The zero-order valence-corrected chi connectivity index (χ0v) is 19.3. The normalized spacial score (nSPS) is 19.9. The van der Waals surface area contributed by atoms with Crippen LogP contribution in [-0.2, 0) is 6.54 Å². The van der Waals surface area contributed by atoms with Gasteiger partial charge in [0.15, 0.2) is 0 Å². The molecule has 1 amide bonds. The number of hydrogen-bond donors (Lipinski definition) is 1. The van der Waals surface area contributed by atoms with Crippen molar-refractivity contribution in [2.75, 3.05) is 26.2 Å². The average Bonchev–Trinajstić information content (AvgIpc) is 3.48. The number of halogens is 3. The Morgan fingerprint density at radius 3 is 2.65 bits per heavy atom. The molecule has 1 N–H and O–H groups in total. The van der Waals surface area contributed by atoms with Crippen molar-refractivity contribution in [3.8, 4) is 0 Å². The van der Waals surface area contributed by atoms with Crippen LogP contribution in [0.5, 0.6) is 0 Å². The molecule has 0 spiro atoms. The van der Waals surface area contributed by atoms with Gasteiger partial charge in [0.1, 0.15) is 0 Å². The van der Waals surface area contributed by atoms with E-state index < -0.39 is 12.6 Å². The molecule has 10 heteroatoms. The van der Waals surface area contributed by atoms with E-state index in [2.05, 4.69) is 10.1 Å². The average molecular weight is 476 g/mol. The fourth-order valence-electron chi connectivity index (χ4n) is 4.90. The fraction of sp³-hybridized carbons (Fsp3) is 0.542. The van der Waals surface area contributed by atoms with Crippen LogP contribution in [0.25, 0.3) is 21.8 Å². The quantitative estimate of drug-likeness (QED) is 0.611. The molecule has 1 aliphatic carbocycles. The molecule has 34 heavy (non-hydrogen) atoms. The molecule has 1 aromatic carbocycles. The van der Waals surface area contributed by atoms with Crippen molar-refractivity contribution >= 4 is 27.7 Å². The highest BCUT2D eigenvalue weighted by Crippen LogP contribution is 2.33. The van der Waals surface area contributed by atoms with Crippen LogP contribution in [0.3, 0.4) is 0 Å². The summed E-state index contributed by atoms with van der Waals surface area (Å²) in [6, 6.07) is 3.49. The zero-order chi connectivity index (χ0) is 24.2. The molecule has 2 aromatic heterocycles. The molecule has 7 nitrogen and oxygen atoms in total. The maximum absolute atomic E-state index is 13.5. The van der Waals surface area contributed by atoms with Crippen LogP contribution in [0.4, 0.5) is 13.2 Å². The maximum Gasteiger partial charge on any atom is 0.390 e. The highest BCUT2D eigenvalue weighted by atomic mass is 19.4. The number of carbonyl (C=O) groups is 1. The van der Waals surface area contributed by atoms with Gasteiger partial charge in [0, 0.05) is 49.7 Å². The lowest BCUT2D eigenvalue weighted by Crippen LogP contribution is -2.54. The van der Waals surface area contributed by atoms with Crippen molar-refractivity contribution in [1.82, 2.24) is 24.6 Å². The van der Waals surface area contributed by atoms with Crippen molar-refractivity contribution < 1.29 is 18.0 Å². The SMILES string of the molecule is Cc1cc2[nH]c(=O)c3cnn(CC4CC4)c3c2cc1C(=O)N1CCN(CCC(F)(F)F)[C@@H](C)C1. The van der Waals surface area contributed by atoms with Gasteiger partial charge in [-0.3, -0.25) is 19.2 Å². The Labute approximate surface area is 194 Å². The summed E-state index contributed by atoms with van der Waals surface area (Å²) in [4.78, 5) is 32.5. The lowest BCUT2D eigenvalue weighted by atomic mass is 10.0. The van der Waals surface area contributed by atoms with Crippen LogP contribution in [0.15, 0.2) is 23.1 Å². The molecule has 2 aliphatic rings. The summed E-state index contributed by atoms with van der Waals surface area (Å²) in [6.45, 7) is 5.53. The van der Waals surface area contributed by atoms with E-state index in [9.17, 15) is 22.8 Å². The number of aryl methyl sites for hydroxylation is 1. The Morgan fingerprint density at radius 1 is 1.21 bits per heavy atom. The molecule has 1 aliphatic heterocycles. The fourth-order valence-corrected chi connectivity index (χ4v) is 4.90. The van der Waals surface area contributed by atoms with Gasteiger partial charge in [-0.2, -0.15) is 18.3 Å². The number of alkyl halides is 3. The number of aromatic amines is 1. The summed E-state index contributed by atoms with van der Waals surface area (Å²) in [7, 11) is 0. The van der Waals surface area contributed by atoms with Gasteiger partial charge >= 0.3 is 6.18 Å². The first-order chi connectivity index (χ1) is 16.1. The third-order valence-corrected chi connectivity index (χ3v) is 7.05. The number of pyridine rings is 1. The van der Waals surface area contributed by atoms with Crippen LogP contribution in [0, 0.1) is 12.8 Å². The molecule has 5 rings (SSSR count). The first kappa shape index (κ1) is 22.9. The Hall–Kier alpha value is -2.88. The van der Waals surface area contributed by atoms with Crippen LogP contribution >= 0.6 is 0 Å². The highest BCUT2D eigenvalue weighted by Gasteiger charge is 2.32. The number of fused-ring (bicyclic) bond motifs is 3. The number of hydrogen-bond acceptors (Lipinski definition) is 4. The van der Waals surface area contributed by atoms with Gasteiger partial charge in [0.2, 0.25) is 0 Å². The lowest BCUT2D eigenvalue weighted by Gasteiger charge is -2.40. The molecule has 1 atom stereocenters. The second kappa shape index (κ2) is 8.41. The van der Waals surface area contributed by atoms with E-state index in [4.69, 9.17) is 0 Å². The van der Waals surface area contributed by atoms with Gasteiger partial charge in [0.05, 0.1) is 29.0 Å². The zero-order valence-electron chi connectivity index (χ0n) is 19.3. The molecule has 1 saturated heterocycles. The third-order valence-electron chi connectivity index (χ3n) is 7.05. The van der Waals surface area contributed by atoms with Gasteiger partial charge < -0.3 is 9.88 Å². The van der Waals surface area contributed by atoms with E-state index in [-0.39, 0.29) is 24.1 Å². The maximum atomic E-state index is 13.5. The van der Waals surface area contributed by atoms with Gasteiger partial charge in [0.25, 0.3) is 11.5 Å². The molecule has 2 fully saturated rings. The van der Waals surface area contributed by atoms with Gasteiger partial charge in [-0.15, -0.1) is 0 Å². The Balaban J connectivity index is 1.44. The molecule has 0 bridgehead atoms. The second-order valence-electron chi connectivity index (χ2n) is 9.70. The minimum atomic E-state index is -4.19. The van der Waals surface area contributed by atoms with Crippen molar-refractivity contribution in [2.45, 2.75) is 51.9 Å². The Bertz CT molecular complexity index is 1310. The molecular weight excluding hydrogens is 447 g/mol. The molecule has 0 unspecified atom stereocenters. The number of amides is 1. The molecule has 0 radical (unpaired) electrons. The van der Waals surface area contributed by atoms with E-state index in [1.165, 1.54) is 0 Å². The predicted molar refractivity (Wildman–Crippen MR) is 123 cm³/mol. The minimum absolute atomic E-state index is 0.0575. The standard InChI is InChI=1S/C24H28F3N5O2/c1-14-9-20-18(21-19(22(33)29-20)11-28-32(21)13-16-3-4-16)10-17(14)23(34)31-8-7-30(15(2)12-31)6-5-24(25,26)27/h9-11,15-16H,3-8,12-13H2,1-2H3,(H,29,33)/t15-/m0/s1. The van der Waals surface area contributed by atoms with Gasteiger partial charge in [-0.1, -0.05) is 0 Å². The molecule has 3 aromatic rings. The summed E-state index contributed by atoms with van der Waals surface area (Å²) in [5.41, 5.74) is 2.48. The summed E-state index contributed by atoms with van der Waals surface area (Å²) in [6.07, 6.45) is -1.15. The van der Waals surface area contributed by atoms with E-state index in [0.717, 1.165) is 35.9 Å². The predicted octanol–water partition coefficient (Wildman–Crippen LogP) is 3.69. The topological polar surface area (TPSA) is 74.2 Å². The van der Waals surface area contributed by atoms with Gasteiger partial charge in [-0.05, 0) is 50.3 Å². The van der Waals surface area contributed by atoms with E-state index in [1.807, 2.05) is 30.7 Å². The van der Waals surface area contributed by atoms with E-state index in [1.54, 1.807) is 16.0 Å². The number of aromatic nitrogens is 3. The minimum Gasteiger partial charge on any atom is -0.336 e. The number of benzene rings is 1. The van der Waals surface area contributed by atoms with E-state index >= 15 is 0 Å². The van der Waals surface area contributed by atoms with E-state index in [0.29, 0.717) is 42.0 Å². The van der Waals surface area contributed by atoms with Crippen LogP contribution in [0.2, 0.25) is 0 Å². The van der Waals surface area contributed by atoms with Crippen molar-refractivity contribution in [3.05, 3.63) is 39.8 Å². The summed E-state index contributed by atoms with van der Waals surface area (Å²) >= 11 is 0. The molecular formula is C24H28F3N5O2. The first-order valence-corrected chi connectivity index (χ1v) is 11.7. The molecule has 182 valence electrons. The number of carbonyl (C=O) groups excluding carboxylic acids is 1. The first-order valence-electron chi connectivity index (χ1n) is 11.7. The second-order valence-corrected chi connectivity index (χ2v) is 9.70. The molecule has 1 saturated carbocycles. The third kappa shape index (κ3) is 4.43. The Morgan fingerprint density at radius 2 is 1.97 bits per heavy atom. The molecule has 3 heterocycles. The van der Waals surface area contributed by atoms with Gasteiger partial charge in [-0.25, -0.2) is 0 Å². The number of rotatable bonds is 5. The Kier molecular flexibility index (Phi) is 5.66. The van der Waals surface area contributed by atoms with Crippen molar-refractivity contribution in [1.29, 1.82) is 0 Å². The number of nitrogens with one attached hydrogen (secondary N) is 1. The largest absolute Gasteiger partial charge is 0.390 e.